The molecule has 3 aromatic carbocycles. The van der Waals surface area contributed by atoms with E-state index in [1.54, 1.807) is 18.4 Å². The van der Waals surface area contributed by atoms with Gasteiger partial charge >= 0.3 is 13.3 Å². The number of hydrogen-bond acceptors (Lipinski definition) is 4. The molecule has 1 aromatic heterocycles. The molecule has 0 N–H and O–H groups in total. The second kappa shape index (κ2) is 10.2. The first-order valence-corrected chi connectivity index (χ1v) is 12.5. The largest absolute Gasteiger partial charge is 0.379 e. The predicted molar refractivity (Wildman–Crippen MR) is 132 cm³/mol. The summed E-state index contributed by atoms with van der Waals surface area (Å²) >= 11 is 0. The second-order valence-electron chi connectivity index (χ2n) is 7.40. The van der Waals surface area contributed by atoms with Gasteiger partial charge in [-0.25, -0.2) is 4.79 Å². The molecule has 0 bridgehead atoms. The third-order valence-corrected chi connectivity index (χ3v) is 7.38. The van der Waals surface area contributed by atoms with Gasteiger partial charge in [0.2, 0.25) is 0 Å². The van der Waals surface area contributed by atoms with Crippen molar-refractivity contribution in [3.63, 3.8) is 0 Å². The highest BCUT2D eigenvalue weighted by Gasteiger charge is 2.38. The molecule has 0 aliphatic carbocycles. The molecule has 6 nitrogen and oxygen atoms in total. The van der Waals surface area contributed by atoms with Crippen molar-refractivity contribution in [2.45, 2.75) is 20.4 Å². The Labute approximate surface area is 193 Å². The van der Waals surface area contributed by atoms with Gasteiger partial charge in [0, 0.05) is 5.56 Å². The number of rotatable bonds is 9. The summed E-state index contributed by atoms with van der Waals surface area (Å²) in [5.41, 5.74) is 2.79. The van der Waals surface area contributed by atoms with Crippen molar-refractivity contribution >= 4 is 13.0 Å². The first kappa shape index (κ1) is 23.0. The summed E-state index contributed by atoms with van der Waals surface area (Å²) in [4.78, 5) is 13.9. The molecular weight excluding hydrogens is 435 g/mol. The fraction of sp³-hybridized carbons (Fsp3) is 0.192. The molecule has 0 unspecified atom stereocenters. The number of para-hydroxylation sites is 1. The number of imidazole rings is 1. The lowest BCUT2D eigenvalue weighted by atomic mass is 10.1. The normalized spacial score (nSPS) is 11.6. The molecule has 0 aliphatic heterocycles. The lowest BCUT2D eigenvalue weighted by molar-refractivity contribution is 0.228. The molecule has 4 aromatic rings. The fourth-order valence-electron chi connectivity index (χ4n) is 3.89. The number of hydrogen-bond donors (Lipinski definition) is 0. The van der Waals surface area contributed by atoms with Crippen LogP contribution in [0.15, 0.2) is 95.8 Å². The number of aromatic nitrogens is 2. The zero-order chi connectivity index (χ0) is 23.3. The number of benzene rings is 3. The van der Waals surface area contributed by atoms with Crippen molar-refractivity contribution in [1.82, 2.24) is 9.13 Å². The van der Waals surface area contributed by atoms with Crippen LogP contribution < -0.4 is 11.1 Å². The first-order chi connectivity index (χ1) is 16.1. The van der Waals surface area contributed by atoms with Crippen LogP contribution in [-0.2, 0) is 20.2 Å². The highest BCUT2D eigenvalue weighted by molar-refractivity contribution is 7.62. The molecule has 1 heterocycles. The molecule has 170 valence electrons. The van der Waals surface area contributed by atoms with Gasteiger partial charge < -0.3 is 9.05 Å². The van der Waals surface area contributed by atoms with E-state index < -0.39 is 7.60 Å². The summed E-state index contributed by atoms with van der Waals surface area (Å²) < 4.78 is 28.8. The molecule has 0 radical (unpaired) electrons. The molecule has 4 rings (SSSR count). The fourth-order valence-corrected chi connectivity index (χ4v) is 5.83. The quantitative estimate of drug-likeness (QED) is 0.319. The molecule has 0 amide bonds. The van der Waals surface area contributed by atoms with Crippen molar-refractivity contribution in [3.05, 3.63) is 107 Å². The molecule has 0 saturated heterocycles. The van der Waals surface area contributed by atoms with Crippen LogP contribution in [-0.4, -0.2) is 22.3 Å². The summed E-state index contributed by atoms with van der Waals surface area (Å²) in [5.74, 6) is 0. The average molecular weight is 462 g/mol. The Balaban J connectivity index is 2.11. The maximum absolute atomic E-state index is 14.2. The predicted octanol–water partition coefficient (Wildman–Crippen LogP) is 5.25. The van der Waals surface area contributed by atoms with Crippen LogP contribution in [0.3, 0.4) is 0 Å². The zero-order valence-corrected chi connectivity index (χ0v) is 19.7. The third kappa shape index (κ3) is 4.64. The molecule has 0 fully saturated rings. The van der Waals surface area contributed by atoms with E-state index >= 15 is 0 Å². The third-order valence-electron chi connectivity index (χ3n) is 5.22. The van der Waals surface area contributed by atoms with Gasteiger partial charge in [0.25, 0.3) is 0 Å². The Morgan fingerprint density at radius 3 is 1.82 bits per heavy atom. The molecule has 33 heavy (non-hydrogen) atoms. The minimum Gasteiger partial charge on any atom is -0.304 e. The molecule has 0 saturated carbocycles. The minimum atomic E-state index is -3.83. The first-order valence-electron chi connectivity index (χ1n) is 11.0. The van der Waals surface area contributed by atoms with E-state index in [1.165, 1.54) is 4.57 Å². The maximum Gasteiger partial charge on any atom is 0.379 e. The van der Waals surface area contributed by atoms with Gasteiger partial charge in [0.05, 0.1) is 31.1 Å². The topological polar surface area (TPSA) is 62.5 Å². The Morgan fingerprint density at radius 2 is 1.27 bits per heavy atom. The van der Waals surface area contributed by atoms with E-state index in [0.29, 0.717) is 11.4 Å². The van der Waals surface area contributed by atoms with Crippen LogP contribution in [0.2, 0.25) is 0 Å². The van der Waals surface area contributed by atoms with E-state index in [2.05, 4.69) is 0 Å². The van der Waals surface area contributed by atoms with Crippen molar-refractivity contribution in [1.29, 1.82) is 0 Å². The van der Waals surface area contributed by atoms with Gasteiger partial charge in [0.1, 0.15) is 0 Å². The summed E-state index contributed by atoms with van der Waals surface area (Å²) in [6, 6.07) is 28.4. The van der Waals surface area contributed by atoms with E-state index in [0.717, 1.165) is 11.1 Å². The Bertz CT molecular complexity index is 1290. The van der Waals surface area contributed by atoms with Crippen LogP contribution in [0.25, 0.3) is 16.9 Å². The average Bonchev–Trinajstić information content (AvgIpc) is 3.14. The van der Waals surface area contributed by atoms with Crippen LogP contribution in [0, 0.1) is 0 Å². The van der Waals surface area contributed by atoms with Crippen molar-refractivity contribution in [2.24, 2.45) is 0 Å². The van der Waals surface area contributed by atoms with Crippen molar-refractivity contribution in [3.8, 4) is 16.9 Å². The molecule has 0 aliphatic rings. The van der Waals surface area contributed by atoms with Gasteiger partial charge in [-0.2, -0.15) is 0 Å². The lowest BCUT2D eigenvalue weighted by Gasteiger charge is -2.20. The van der Waals surface area contributed by atoms with Gasteiger partial charge in [-0.3, -0.25) is 13.7 Å². The lowest BCUT2D eigenvalue weighted by Crippen LogP contribution is -2.30. The summed E-state index contributed by atoms with van der Waals surface area (Å²) in [5, 5.41) is 0. The smallest absolute Gasteiger partial charge is 0.304 e. The number of nitrogens with zero attached hydrogens (tertiary/aromatic N) is 2. The van der Waals surface area contributed by atoms with E-state index in [4.69, 9.17) is 9.05 Å². The summed E-state index contributed by atoms with van der Waals surface area (Å²) in [6.07, 6.45) is 0. The molecular formula is C26H27N2O4P. The second-order valence-corrected chi connectivity index (χ2v) is 9.33. The Morgan fingerprint density at radius 1 is 0.758 bits per heavy atom. The van der Waals surface area contributed by atoms with Gasteiger partial charge in [-0.05, 0) is 31.5 Å². The SMILES string of the molecule is CCOP(=O)(OCC)c1c(-c2ccccc2)n(-c2ccccc2)c(=O)n1Cc1ccccc1. The highest BCUT2D eigenvalue weighted by Crippen LogP contribution is 2.49. The van der Waals surface area contributed by atoms with Crippen LogP contribution in [0.5, 0.6) is 0 Å². The van der Waals surface area contributed by atoms with Crippen LogP contribution in [0.1, 0.15) is 19.4 Å². The monoisotopic (exact) mass is 462 g/mol. The summed E-state index contributed by atoms with van der Waals surface area (Å²) in [6.45, 7) is 4.13. The van der Waals surface area contributed by atoms with E-state index in [-0.39, 0.29) is 30.9 Å². The standard InChI is InChI=1S/C26H27N2O4P/c1-3-31-33(30,32-4-2)25-24(22-16-10-6-11-17-22)28(23-18-12-7-13-19-23)26(29)27(25)20-21-14-8-5-9-15-21/h5-19H,3-4,20H2,1-2H3. The van der Waals surface area contributed by atoms with Crippen LogP contribution >= 0.6 is 7.60 Å². The van der Waals surface area contributed by atoms with Gasteiger partial charge in [0.15, 0.2) is 5.44 Å². The van der Waals surface area contributed by atoms with Crippen LogP contribution in [0.4, 0.5) is 0 Å². The molecule has 0 atom stereocenters. The minimum absolute atomic E-state index is 0.182. The van der Waals surface area contributed by atoms with E-state index in [9.17, 15) is 9.36 Å². The Kier molecular flexibility index (Phi) is 7.09. The summed E-state index contributed by atoms with van der Waals surface area (Å²) in [7, 11) is -3.83. The zero-order valence-electron chi connectivity index (χ0n) is 18.8. The highest BCUT2D eigenvalue weighted by atomic mass is 31.2. The van der Waals surface area contributed by atoms with E-state index in [1.807, 2.05) is 91.0 Å². The maximum atomic E-state index is 14.2. The van der Waals surface area contributed by atoms with Crippen molar-refractivity contribution in [2.75, 3.05) is 13.2 Å². The molecule has 7 heteroatoms. The van der Waals surface area contributed by atoms with Crippen molar-refractivity contribution < 1.29 is 13.6 Å². The Hall–Kier alpha value is -3.18. The van der Waals surface area contributed by atoms with Gasteiger partial charge in [-0.15, -0.1) is 0 Å². The molecule has 0 spiro atoms. The van der Waals surface area contributed by atoms with Gasteiger partial charge in [-0.1, -0.05) is 78.9 Å².